The SMILES string of the molecule is O=[N+]([O-])c1c2cn3c1C(c1ccccc1)(c1ccc([nH]1)/C(c1ccccc1)=C1/C=CC(=N1)C(c1ccccc1)=c1ccc([nH]1)=C2c1ccccc1)N(c1ccccc1)N=C3c1ccccc1. The lowest BCUT2D eigenvalue weighted by atomic mass is 9.80. The first-order valence-corrected chi connectivity index (χ1v) is 21.8. The summed E-state index contributed by atoms with van der Waals surface area (Å²) in [5, 5.41) is 23.7. The molecule has 6 heterocycles. The summed E-state index contributed by atoms with van der Waals surface area (Å²) < 4.78 is 1.95. The highest BCUT2D eigenvalue weighted by atomic mass is 16.6. The van der Waals surface area contributed by atoms with E-state index in [2.05, 4.69) is 58.5 Å². The van der Waals surface area contributed by atoms with Gasteiger partial charge in [0.15, 0.2) is 11.4 Å². The molecule has 3 aliphatic rings. The Morgan fingerprint density at radius 2 is 1.06 bits per heavy atom. The average molecular weight is 854 g/mol. The number of anilines is 1. The summed E-state index contributed by atoms with van der Waals surface area (Å²) in [5.41, 5.74) is 9.83. The van der Waals surface area contributed by atoms with Crippen molar-refractivity contribution in [3.63, 3.8) is 0 Å². The van der Waals surface area contributed by atoms with Crippen molar-refractivity contribution in [2.75, 3.05) is 5.01 Å². The summed E-state index contributed by atoms with van der Waals surface area (Å²) in [4.78, 5) is 27.5. The van der Waals surface area contributed by atoms with Crippen LogP contribution in [-0.2, 0) is 5.54 Å². The lowest BCUT2D eigenvalue weighted by Crippen LogP contribution is -2.52. The Bertz CT molecular complexity index is 3590. The van der Waals surface area contributed by atoms with Crippen LogP contribution in [0.4, 0.5) is 11.4 Å². The Balaban J connectivity index is 1.33. The molecule has 66 heavy (non-hydrogen) atoms. The van der Waals surface area contributed by atoms with Gasteiger partial charge < -0.3 is 9.97 Å². The van der Waals surface area contributed by atoms with Crippen LogP contribution in [0.2, 0.25) is 0 Å². The van der Waals surface area contributed by atoms with Gasteiger partial charge in [0, 0.05) is 44.9 Å². The second-order valence-corrected chi connectivity index (χ2v) is 16.4. The fourth-order valence-electron chi connectivity index (χ4n) is 9.87. The molecule has 1 unspecified atom stereocenters. The number of benzene rings is 6. The molecular weight excluding hydrogens is 815 g/mol. The van der Waals surface area contributed by atoms with E-state index in [1.54, 1.807) is 0 Å². The van der Waals surface area contributed by atoms with Crippen molar-refractivity contribution >= 4 is 39.6 Å². The number of nitro groups is 1. The molecular formula is C57H39N7O2. The van der Waals surface area contributed by atoms with Gasteiger partial charge >= 0.3 is 5.69 Å². The fourth-order valence-corrected chi connectivity index (χ4v) is 9.87. The van der Waals surface area contributed by atoms with Gasteiger partial charge in [0.25, 0.3) is 0 Å². The Hall–Kier alpha value is -9.08. The van der Waals surface area contributed by atoms with Gasteiger partial charge in [-0.05, 0) is 70.8 Å². The Labute approximate surface area is 379 Å². The zero-order valence-electron chi connectivity index (χ0n) is 35.4. The van der Waals surface area contributed by atoms with E-state index in [9.17, 15) is 10.1 Å². The minimum absolute atomic E-state index is 0.0543. The molecule has 0 amide bonds. The summed E-state index contributed by atoms with van der Waals surface area (Å²) in [5.74, 6) is 0.532. The number of hydrogen-bond donors (Lipinski definition) is 2. The van der Waals surface area contributed by atoms with Crippen LogP contribution in [0.5, 0.6) is 0 Å². The van der Waals surface area contributed by atoms with Gasteiger partial charge in [0.2, 0.25) is 0 Å². The second-order valence-electron chi connectivity index (χ2n) is 16.4. The molecule has 9 aromatic rings. The number of rotatable bonds is 7. The fraction of sp³-hybridized carbons (Fsp3) is 0.0175. The molecule has 9 nitrogen and oxygen atoms in total. The number of nitrogens with one attached hydrogen (secondary N) is 2. The third kappa shape index (κ3) is 6.09. The first-order chi connectivity index (χ1) is 32.6. The molecule has 0 fully saturated rings. The van der Waals surface area contributed by atoms with Crippen LogP contribution in [0.3, 0.4) is 0 Å². The molecule has 3 aliphatic heterocycles. The van der Waals surface area contributed by atoms with Gasteiger partial charge in [-0.2, -0.15) is 5.10 Å². The lowest BCUT2D eigenvalue weighted by molar-refractivity contribution is -0.386. The number of H-pyrrole nitrogens is 2. The molecule has 2 N–H and O–H groups in total. The molecule has 9 heteroatoms. The van der Waals surface area contributed by atoms with Gasteiger partial charge in [0.05, 0.1) is 33.3 Å². The molecule has 0 saturated heterocycles. The molecule has 0 spiro atoms. The highest BCUT2D eigenvalue weighted by molar-refractivity contribution is 6.30. The quantitative estimate of drug-likeness (QED) is 0.123. The molecule has 12 rings (SSSR count). The number of para-hydroxylation sites is 1. The Morgan fingerprint density at radius 3 is 1.67 bits per heavy atom. The molecule has 6 aromatic carbocycles. The molecule has 314 valence electrons. The van der Waals surface area contributed by atoms with Crippen molar-refractivity contribution in [3.05, 3.63) is 302 Å². The topological polar surface area (TPSA) is 108 Å². The van der Waals surface area contributed by atoms with E-state index in [-0.39, 0.29) is 10.6 Å². The maximum absolute atomic E-state index is 14.6. The normalized spacial score (nSPS) is 17.4. The number of hydrazone groups is 1. The first-order valence-electron chi connectivity index (χ1n) is 21.8. The van der Waals surface area contributed by atoms with Crippen molar-refractivity contribution in [2.24, 2.45) is 10.1 Å². The lowest BCUT2D eigenvalue weighted by Gasteiger charge is -2.45. The third-order valence-corrected chi connectivity index (χ3v) is 12.6. The first kappa shape index (κ1) is 38.6. The van der Waals surface area contributed by atoms with E-state index in [1.165, 1.54) is 0 Å². The van der Waals surface area contributed by atoms with Gasteiger partial charge in [-0.25, -0.2) is 10.0 Å². The number of aromatic amines is 2. The van der Waals surface area contributed by atoms with Crippen LogP contribution in [0.1, 0.15) is 50.5 Å². The summed E-state index contributed by atoms with van der Waals surface area (Å²) in [6.45, 7) is 0. The number of hydrogen-bond acceptors (Lipinski definition) is 5. The zero-order chi connectivity index (χ0) is 44.2. The zero-order valence-corrected chi connectivity index (χ0v) is 35.4. The van der Waals surface area contributed by atoms with Crippen molar-refractivity contribution in [1.82, 2.24) is 14.5 Å². The van der Waals surface area contributed by atoms with Crippen LogP contribution in [0.25, 0.3) is 16.7 Å². The van der Waals surface area contributed by atoms with Gasteiger partial charge in [-0.1, -0.05) is 170 Å². The number of aliphatic imine (C=N–C) groups is 1. The predicted octanol–water partition coefficient (Wildman–Crippen LogP) is 10.3. The van der Waals surface area contributed by atoms with E-state index in [0.717, 1.165) is 67.1 Å². The smallest absolute Gasteiger partial charge is 0.301 e. The summed E-state index contributed by atoms with van der Waals surface area (Å²) in [6.07, 6.45) is 6.07. The monoisotopic (exact) mass is 853 g/mol. The highest BCUT2D eigenvalue weighted by Crippen LogP contribution is 2.53. The summed E-state index contributed by atoms with van der Waals surface area (Å²) >= 11 is 0. The van der Waals surface area contributed by atoms with Crippen molar-refractivity contribution in [2.45, 2.75) is 5.54 Å². The van der Waals surface area contributed by atoms with E-state index in [0.29, 0.717) is 33.7 Å². The van der Waals surface area contributed by atoms with Crippen molar-refractivity contribution in [3.8, 4) is 0 Å². The largest absolute Gasteiger partial charge is 0.356 e. The third-order valence-electron chi connectivity index (χ3n) is 12.6. The molecule has 0 aliphatic carbocycles. The molecule has 8 bridgehead atoms. The summed E-state index contributed by atoms with van der Waals surface area (Å²) in [6, 6.07) is 68.3. The minimum atomic E-state index is -1.46. The average Bonchev–Trinajstić information content (AvgIpc) is 4.22. The van der Waals surface area contributed by atoms with Crippen molar-refractivity contribution in [1.29, 1.82) is 0 Å². The van der Waals surface area contributed by atoms with Crippen LogP contribution < -0.4 is 15.7 Å². The van der Waals surface area contributed by atoms with E-state index in [1.807, 2.05) is 186 Å². The number of fused-ring (bicyclic) bond motifs is 7. The number of aromatic nitrogens is 3. The standard InChI is InChI=1S/C57H39N7O2/c65-64(66)54-44-37-62-55(54)57(42-27-15-5-16-28-42,63(43-29-17-6-18-30-43)61-56(62)41-25-13-4-14-26-41)50-36-35-49(60-50)53(40-23-11-3-12-24-40)48-34-33-47(59-48)52(39-21-9-2-10-22-39)46-32-31-45(58-46)51(44)38-19-7-1-8-20-38/h1-37,58,60H/b51-45?,52-46?,53-48-. The Morgan fingerprint density at radius 1 is 0.530 bits per heavy atom. The molecule has 0 radical (unpaired) electrons. The molecule has 1 atom stereocenters. The van der Waals surface area contributed by atoms with E-state index < -0.39 is 5.54 Å². The maximum Gasteiger partial charge on any atom is 0.301 e. The maximum atomic E-state index is 14.6. The highest BCUT2D eigenvalue weighted by Gasteiger charge is 2.55. The van der Waals surface area contributed by atoms with Crippen LogP contribution in [-0.4, -0.2) is 31.0 Å². The minimum Gasteiger partial charge on any atom is -0.356 e. The van der Waals surface area contributed by atoms with Gasteiger partial charge in [0.1, 0.15) is 5.69 Å². The van der Waals surface area contributed by atoms with Crippen LogP contribution in [0.15, 0.2) is 240 Å². The van der Waals surface area contributed by atoms with Gasteiger partial charge in [-0.15, -0.1) is 0 Å². The van der Waals surface area contributed by atoms with Gasteiger partial charge in [-0.3, -0.25) is 14.7 Å². The van der Waals surface area contributed by atoms with E-state index >= 15 is 0 Å². The molecule has 0 saturated carbocycles. The number of allylic oxidation sites excluding steroid dienone is 2. The summed E-state index contributed by atoms with van der Waals surface area (Å²) in [7, 11) is 0. The second kappa shape index (κ2) is 15.6. The van der Waals surface area contributed by atoms with Crippen LogP contribution in [0, 0.1) is 10.1 Å². The Kier molecular flexibility index (Phi) is 9.13. The molecule has 3 aromatic heterocycles. The number of nitrogens with zero attached hydrogens (tertiary/aromatic N) is 5. The van der Waals surface area contributed by atoms with Crippen LogP contribution >= 0.6 is 0 Å². The van der Waals surface area contributed by atoms with Crippen molar-refractivity contribution < 1.29 is 4.92 Å². The predicted molar refractivity (Wildman–Crippen MR) is 262 cm³/mol. The van der Waals surface area contributed by atoms with E-state index in [4.69, 9.17) is 10.1 Å².